The molecule has 4 fully saturated rings. The lowest BCUT2D eigenvalue weighted by atomic mass is 9.78. The summed E-state index contributed by atoms with van der Waals surface area (Å²) in [5, 5.41) is 15.2. The predicted octanol–water partition coefficient (Wildman–Crippen LogP) is 14.5. The van der Waals surface area contributed by atoms with Gasteiger partial charge in [0.25, 0.3) is 0 Å². The number of aryl methyl sites for hydroxylation is 2. The van der Waals surface area contributed by atoms with E-state index >= 15 is 0 Å². The van der Waals surface area contributed by atoms with Gasteiger partial charge in [0.2, 0.25) is 11.2 Å². The van der Waals surface area contributed by atoms with Gasteiger partial charge >= 0.3 is 12.2 Å². The van der Waals surface area contributed by atoms with Gasteiger partial charge in [0, 0.05) is 116 Å². The molecule has 0 atom stereocenters. The molecule has 2 amide bonds. The molecule has 8 aromatic rings. The molecule has 22 nitrogen and oxygen atoms in total. The molecule has 2 aromatic carbocycles. The van der Waals surface area contributed by atoms with Gasteiger partial charge in [0.15, 0.2) is 22.8 Å². The van der Waals surface area contributed by atoms with Crippen LogP contribution in [-0.2, 0) is 32.4 Å². The summed E-state index contributed by atoms with van der Waals surface area (Å²) >= 11 is 6.08. The Morgan fingerprint density at radius 3 is 1.52 bits per heavy atom. The van der Waals surface area contributed by atoms with Gasteiger partial charge in [-0.05, 0) is 165 Å². The summed E-state index contributed by atoms with van der Waals surface area (Å²) in [6, 6.07) is 18.1. The van der Waals surface area contributed by atoms with E-state index in [0.29, 0.717) is 30.6 Å². The smallest absolute Gasteiger partial charge is 0.410 e. The molecule has 4 aliphatic rings. The lowest BCUT2D eigenvalue weighted by Crippen LogP contribution is -2.43. The van der Waals surface area contributed by atoms with Crippen molar-refractivity contribution < 1.29 is 37.4 Å². The molecule has 0 radical (unpaired) electrons. The number of piperidine rings is 2. The van der Waals surface area contributed by atoms with E-state index in [1.54, 1.807) is 18.6 Å². The van der Waals surface area contributed by atoms with Crippen molar-refractivity contribution in [2.24, 2.45) is 10.8 Å². The van der Waals surface area contributed by atoms with Crippen LogP contribution in [0.15, 0.2) is 69.9 Å². The van der Waals surface area contributed by atoms with E-state index in [9.17, 15) is 9.59 Å². The lowest BCUT2D eigenvalue weighted by molar-refractivity contribution is 0.0256. The fourth-order valence-corrected chi connectivity index (χ4v) is 14.0. The number of carbonyl (C=O) groups is 2. The van der Waals surface area contributed by atoms with E-state index in [2.05, 4.69) is 81.6 Å². The Hall–Kier alpha value is -7.00. The minimum Gasteiger partial charge on any atom is -0.459 e. The second-order valence-corrected chi connectivity index (χ2v) is 41.3. The SMILES string of the molecule is CC(C)(C)OC(=O)N1CCC2(CCN(c3nc(Cl)nc4ccoc34)CC2)C1.Cc1nn(COCC[Si](C)(C)C)c2cc(N)ccc12.Cc1nn(COCC[Si](C)(C)C)c2cc(Nc3nc(N4CCC5(CCN(C(=O)OC(C)(C)C)C5)CC4)c4occc4n3)ccc12. The number of benzene rings is 2. The summed E-state index contributed by atoms with van der Waals surface area (Å²) in [5.41, 5.74) is 13.7. The number of furan rings is 2. The van der Waals surface area contributed by atoms with Crippen LogP contribution in [-0.4, -0.2) is 154 Å². The number of nitrogens with two attached hydrogens (primary N) is 1. The van der Waals surface area contributed by atoms with Crippen molar-refractivity contribution in [3.05, 3.63) is 77.7 Å². The summed E-state index contributed by atoms with van der Waals surface area (Å²) < 4.78 is 38.2. The summed E-state index contributed by atoms with van der Waals surface area (Å²) in [7, 11) is -2.19. The van der Waals surface area contributed by atoms with E-state index in [4.69, 9.17) is 60.2 Å². The number of hydrogen-bond donors (Lipinski definition) is 2. The van der Waals surface area contributed by atoms with E-state index in [1.165, 1.54) is 6.04 Å². The molecule has 91 heavy (non-hydrogen) atoms. The minimum atomic E-state index is -1.16. The number of amides is 2. The molecule has 0 aliphatic carbocycles. The molecule has 6 aromatic heterocycles. The van der Waals surface area contributed by atoms with E-state index in [0.717, 1.165) is 177 Å². The Balaban J connectivity index is 0.000000167. The maximum Gasteiger partial charge on any atom is 0.410 e. The molecule has 0 bridgehead atoms. The normalized spacial score (nSPS) is 16.9. The van der Waals surface area contributed by atoms with Crippen molar-refractivity contribution in [2.75, 3.05) is 86.4 Å². The van der Waals surface area contributed by atoms with Crippen LogP contribution >= 0.6 is 11.6 Å². The number of carbonyl (C=O) groups excluding carboxylic acids is 2. The number of anilines is 5. The van der Waals surface area contributed by atoms with Crippen LogP contribution in [0.25, 0.3) is 44.0 Å². The average molecular weight is 1300 g/mol. The number of nitrogens with zero attached hydrogens (tertiary/aromatic N) is 12. The molecule has 0 saturated carbocycles. The van der Waals surface area contributed by atoms with Crippen molar-refractivity contribution in [3.63, 3.8) is 0 Å². The zero-order valence-corrected chi connectivity index (χ0v) is 58.8. The summed E-state index contributed by atoms with van der Waals surface area (Å²) in [6.45, 7) is 38.4. The Bertz CT molecular complexity index is 3840. The second-order valence-electron chi connectivity index (χ2n) is 29.7. The first-order valence-corrected chi connectivity index (χ1v) is 39.9. The number of nitrogen functional groups attached to an aromatic ring is 1. The van der Waals surface area contributed by atoms with Gasteiger partial charge in [-0.25, -0.2) is 28.9 Å². The van der Waals surface area contributed by atoms with Crippen LogP contribution in [0.3, 0.4) is 0 Å². The zero-order chi connectivity index (χ0) is 65.3. The number of nitrogens with one attached hydrogen (secondary N) is 1. The molecule has 12 rings (SSSR count). The standard InChI is InChI=1S/C33H47N7O4Si.C19H25ClN4O3.C14H23N3OSi/c1-23-25-9-8-24(20-27(25)40(37-23)22-42-18-19-45(5,6)7)34-30-35-26-10-17-43-28(26)29(36-30)38-14-11-33(12-15-38)13-16-39(21-33)31(41)44-32(2,3)4;1-18(2,3)27-17(25)24-10-7-19(12-24)5-8-23(9-6-19)15-14-13(4-11-26-14)21-16(20)22-15;1-11-13-6-5-12(15)9-14(13)17(16-11)10-18-7-8-19(2,3)4/h8-10,17,20H,11-16,18-19,21-22H2,1-7H3,(H,34,35,36);4,11H,5-10,12H2,1-3H3;5-6,9H,7-8,10,15H2,1-4H3. The van der Waals surface area contributed by atoms with Gasteiger partial charge in [-0.1, -0.05) is 39.3 Å². The summed E-state index contributed by atoms with van der Waals surface area (Å²) in [5.74, 6) is 2.07. The van der Waals surface area contributed by atoms with Gasteiger partial charge in [-0.2, -0.15) is 20.2 Å². The third-order valence-corrected chi connectivity index (χ3v) is 21.1. The zero-order valence-electron chi connectivity index (χ0n) is 56.0. The van der Waals surface area contributed by atoms with Crippen LogP contribution in [0.4, 0.5) is 38.5 Å². The van der Waals surface area contributed by atoms with Gasteiger partial charge in [0.1, 0.15) is 35.7 Å². The fraction of sp³-hybridized carbons (Fsp3) is 0.576. The van der Waals surface area contributed by atoms with Crippen molar-refractivity contribution >= 4 is 113 Å². The molecule has 4 aliphatic heterocycles. The highest BCUT2D eigenvalue weighted by atomic mass is 35.5. The monoisotopic (exact) mass is 1300 g/mol. The predicted molar refractivity (Wildman–Crippen MR) is 366 cm³/mol. The largest absolute Gasteiger partial charge is 0.459 e. The fourth-order valence-electron chi connectivity index (χ4n) is 12.3. The molecule has 3 N–H and O–H groups in total. The van der Waals surface area contributed by atoms with Crippen molar-refractivity contribution in [2.45, 2.75) is 170 Å². The summed E-state index contributed by atoms with van der Waals surface area (Å²) in [6.07, 6.45) is 8.81. The number of ether oxygens (including phenoxy) is 4. The summed E-state index contributed by atoms with van der Waals surface area (Å²) in [4.78, 5) is 51.6. The molecule has 492 valence electrons. The highest BCUT2D eigenvalue weighted by Gasteiger charge is 2.45. The second kappa shape index (κ2) is 26.9. The highest BCUT2D eigenvalue weighted by molar-refractivity contribution is 6.76. The van der Waals surface area contributed by atoms with E-state index < -0.39 is 27.3 Å². The number of hydrogen-bond acceptors (Lipinski definition) is 18. The third kappa shape index (κ3) is 17.0. The molecule has 4 saturated heterocycles. The molecule has 25 heteroatoms. The maximum atomic E-state index is 12.7. The van der Waals surface area contributed by atoms with Gasteiger partial charge < -0.3 is 58.4 Å². The maximum absolute atomic E-state index is 12.7. The first-order valence-electron chi connectivity index (χ1n) is 32.1. The average Bonchev–Trinajstić information content (AvgIpc) is 1.85. The topological polar surface area (TPSA) is 236 Å². The van der Waals surface area contributed by atoms with Gasteiger partial charge in [0.05, 0.1) is 34.9 Å². The quantitative estimate of drug-likeness (QED) is 0.0445. The van der Waals surface area contributed by atoms with Crippen LogP contribution < -0.4 is 20.9 Å². The number of likely N-dealkylation sites (tertiary alicyclic amines) is 2. The molecule has 0 unspecified atom stereocenters. The molecule has 2 spiro atoms. The van der Waals surface area contributed by atoms with Gasteiger partial charge in [-0.15, -0.1) is 0 Å². The van der Waals surface area contributed by atoms with E-state index in [1.807, 2.05) is 105 Å². The number of rotatable bonds is 14. The molecule has 10 heterocycles. The minimum absolute atomic E-state index is 0.110. The van der Waals surface area contributed by atoms with Crippen LogP contribution in [0.5, 0.6) is 0 Å². The number of fused-ring (bicyclic) bond motifs is 4. The van der Waals surface area contributed by atoms with E-state index in [-0.39, 0.29) is 28.3 Å². The van der Waals surface area contributed by atoms with Crippen LogP contribution in [0.2, 0.25) is 56.7 Å². The van der Waals surface area contributed by atoms with Crippen molar-refractivity contribution in [1.29, 1.82) is 0 Å². The Kier molecular flexibility index (Phi) is 19.8. The van der Waals surface area contributed by atoms with Crippen LogP contribution in [0, 0.1) is 24.7 Å². The Morgan fingerprint density at radius 2 is 1.04 bits per heavy atom. The van der Waals surface area contributed by atoms with Gasteiger partial charge in [-0.3, -0.25) is 0 Å². The van der Waals surface area contributed by atoms with Crippen molar-refractivity contribution in [3.8, 4) is 0 Å². The highest BCUT2D eigenvalue weighted by Crippen LogP contribution is 2.44. The lowest BCUT2D eigenvalue weighted by Gasteiger charge is -2.39. The van der Waals surface area contributed by atoms with Crippen molar-refractivity contribution in [1.82, 2.24) is 49.3 Å². The first kappa shape index (κ1) is 66.9. The Morgan fingerprint density at radius 1 is 0.604 bits per heavy atom. The van der Waals surface area contributed by atoms with Crippen LogP contribution in [0.1, 0.15) is 91.5 Å². The molecular formula is C66H95ClN14O8Si2. The first-order chi connectivity index (χ1) is 42.9. The number of aromatic nitrogens is 8. The number of halogens is 1. The Labute approximate surface area is 541 Å². The molecular weight excluding hydrogens is 1210 g/mol. The third-order valence-electron chi connectivity index (χ3n) is 17.5.